The highest BCUT2D eigenvalue weighted by atomic mass is 19.1. The van der Waals surface area contributed by atoms with Crippen LogP contribution in [0.5, 0.6) is 0 Å². The number of halogens is 1. The molecule has 2 N–H and O–H groups in total. The zero-order chi connectivity index (χ0) is 15.0. The Labute approximate surface area is 120 Å². The average Bonchev–Trinajstić information content (AvgIpc) is 2.43. The summed E-state index contributed by atoms with van der Waals surface area (Å²) in [7, 11) is 1.67. The van der Waals surface area contributed by atoms with Gasteiger partial charge < -0.3 is 15.4 Å². The van der Waals surface area contributed by atoms with Crippen LogP contribution >= 0.6 is 0 Å². The van der Waals surface area contributed by atoms with E-state index in [1.54, 1.807) is 19.2 Å². The Morgan fingerprint density at radius 3 is 2.60 bits per heavy atom. The zero-order valence-corrected chi connectivity index (χ0v) is 12.7. The van der Waals surface area contributed by atoms with Crippen LogP contribution in [0.3, 0.4) is 0 Å². The van der Waals surface area contributed by atoms with Gasteiger partial charge in [0.05, 0.1) is 12.1 Å². The first kappa shape index (κ1) is 16.4. The van der Waals surface area contributed by atoms with Crippen LogP contribution in [0.2, 0.25) is 0 Å². The van der Waals surface area contributed by atoms with Gasteiger partial charge in [-0.1, -0.05) is 18.2 Å². The van der Waals surface area contributed by atoms with Crippen molar-refractivity contribution in [2.75, 3.05) is 20.2 Å². The minimum Gasteiger partial charge on any atom is -0.377 e. The predicted octanol–water partition coefficient (Wildman–Crippen LogP) is 2.31. The Kier molecular flexibility index (Phi) is 6.45. The van der Waals surface area contributed by atoms with Crippen molar-refractivity contribution in [3.63, 3.8) is 0 Å². The molecule has 4 nitrogen and oxygen atoms in total. The summed E-state index contributed by atoms with van der Waals surface area (Å²) in [4.78, 5) is 4.38. The van der Waals surface area contributed by atoms with Crippen LogP contribution in [0, 0.1) is 5.82 Å². The first-order valence-electron chi connectivity index (χ1n) is 6.79. The molecule has 20 heavy (non-hydrogen) atoms. The molecule has 1 aromatic carbocycles. The zero-order valence-electron chi connectivity index (χ0n) is 12.7. The van der Waals surface area contributed by atoms with Crippen molar-refractivity contribution in [1.29, 1.82) is 0 Å². The Hall–Kier alpha value is -1.62. The number of ether oxygens (including phenoxy) is 1. The molecule has 5 heteroatoms. The van der Waals surface area contributed by atoms with Gasteiger partial charge in [0.1, 0.15) is 5.82 Å². The van der Waals surface area contributed by atoms with Crippen molar-refractivity contribution in [3.05, 3.63) is 35.6 Å². The molecule has 1 aromatic rings. The van der Waals surface area contributed by atoms with Gasteiger partial charge in [-0.25, -0.2) is 9.38 Å². The molecule has 0 spiro atoms. The van der Waals surface area contributed by atoms with Crippen LogP contribution in [0.15, 0.2) is 29.3 Å². The molecular formula is C15H24FN3O. The molecule has 0 heterocycles. The molecule has 0 saturated heterocycles. The second-order valence-corrected chi connectivity index (χ2v) is 5.10. The highest BCUT2D eigenvalue weighted by Crippen LogP contribution is 2.08. The van der Waals surface area contributed by atoms with Gasteiger partial charge in [0.2, 0.25) is 0 Å². The molecule has 112 valence electrons. The predicted molar refractivity (Wildman–Crippen MR) is 80.3 cm³/mol. The van der Waals surface area contributed by atoms with E-state index < -0.39 is 0 Å². The summed E-state index contributed by atoms with van der Waals surface area (Å²) in [5.74, 6) is 0.421. The molecule has 0 aromatic heterocycles. The van der Waals surface area contributed by atoms with Crippen molar-refractivity contribution in [2.45, 2.75) is 32.9 Å². The second-order valence-electron chi connectivity index (χ2n) is 5.10. The van der Waals surface area contributed by atoms with E-state index >= 15 is 0 Å². The number of methoxy groups -OCH3 is 1. The molecule has 0 aliphatic rings. The third kappa shape index (κ3) is 5.57. The SMILES string of the molecule is CCNC(=NCc1ccccc1F)NCC(C)(C)OC. The smallest absolute Gasteiger partial charge is 0.191 e. The van der Waals surface area contributed by atoms with Crippen molar-refractivity contribution < 1.29 is 9.13 Å². The Morgan fingerprint density at radius 2 is 2.00 bits per heavy atom. The number of hydrogen-bond donors (Lipinski definition) is 2. The Morgan fingerprint density at radius 1 is 1.30 bits per heavy atom. The summed E-state index contributed by atoms with van der Waals surface area (Å²) < 4.78 is 18.9. The van der Waals surface area contributed by atoms with Crippen molar-refractivity contribution in [1.82, 2.24) is 10.6 Å². The Bertz CT molecular complexity index is 446. The molecule has 0 radical (unpaired) electrons. The monoisotopic (exact) mass is 281 g/mol. The molecule has 0 aliphatic carbocycles. The second kappa shape index (κ2) is 7.85. The van der Waals surface area contributed by atoms with E-state index in [0.29, 0.717) is 24.6 Å². The first-order valence-corrected chi connectivity index (χ1v) is 6.79. The van der Waals surface area contributed by atoms with Crippen LogP contribution < -0.4 is 10.6 Å². The number of rotatable bonds is 6. The lowest BCUT2D eigenvalue weighted by atomic mass is 10.1. The normalized spacial score (nSPS) is 12.3. The van der Waals surface area contributed by atoms with Crippen molar-refractivity contribution >= 4 is 5.96 Å². The summed E-state index contributed by atoms with van der Waals surface area (Å²) in [5, 5.41) is 6.32. The van der Waals surface area contributed by atoms with Crippen molar-refractivity contribution in [2.24, 2.45) is 4.99 Å². The standard InChI is InChI=1S/C15H24FN3O/c1-5-17-14(19-11-15(2,3)20-4)18-10-12-8-6-7-9-13(12)16/h6-9H,5,10-11H2,1-4H3,(H2,17,18,19). The highest BCUT2D eigenvalue weighted by molar-refractivity contribution is 5.79. The minimum atomic E-state index is -0.284. The third-order valence-corrected chi connectivity index (χ3v) is 2.94. The molecule has 0 saturated carbocycles. The van der Waals surface area contributed by atoms with Crippen LogP contribution in [0.4, 0.5) is 4.39 Å². The number of nitrogens with zero attached hydrogens (tertiary/aromatic N) is 1. The van der Waals surface area contributed by atoms with Gasteiger partial charge in [-0.15, -0.1) is 0 Å². The van der Waals surface area contributed by atoms with Gasteiger partial charge in [0.25, 0.3) is 0 Å². The molecule has 0 fully saturated rings. The van der Waals surface area contributed by atoms with Gasteiger partial charge in [0, 0.05) is 25.8 Å². The first-order chi connectivity index (χ1) is 9.48. The lowest BCUT2D eigenvalue weighted by molar-refractivity contribution is 0.0268. The largest absolute Gasteiger partial charge is 0.377 e. The fourth-order valence-electron chi connectivity index (χ4n) is 1.50. The Balaban J connectivity index is 2.66. The van der Waals surface area contributed by atoms with Crippen LogP contribution in [0.25, 0.3) is 0 Å². The van der Waals surface area contributed by atoms with Gasteiger partial charge in [-0.3, -0.25) is 0 Å². The maximum absolute atomic E-state index is 13.5. The molecule has 1 rings (SSSR count). The summed E-state index contributed by atoms with van der Waals surface area (Å²) >= 11 is 0. The average molecular weight is 281 g/mol. The van der Waals surface area contributed by atoms with Crippen LogP contribution in [-0.2, 0) is 11.3 Å². The maximum atomic E-state index is 13.5. The van der Waals surface area contributed by atoms with Crippen LogP contribution in [-0.4, -0.2) is 31.8 Å². The number of aliphatic imine (C=N–C) groups is 1. The van der Waals surface area contributed by atoms with Crippen LogP contribution in [0.1, 0.15) is 26.3 Å². The lowest BCUT2D eigenvalue weighted by Crippen LogP contribution is -2.45. The van der Waals surface area contributed by atoms with E-state index in [1.807, 2.05) is 26.8 Å². The topological polar surface area (TPSA) is 45.7 Å². The summed E-state index contributed by atoms with van der Waals surface area (Å²) in [6.07, 6.45) is 0. The maximum Gasteiger partial charge on any atom is 0.191 e. The molecule has 0 unspecified atom stereocenters. The summed E-state index contributed by atoms with van der Waals surface area (Å²) in [5.41, 5.74) is 0.296. The quantitative estimate of drug-likeness (QED) is 0.621. The minimum absolute atomic E-state index is 0.232. The fraction of sp³-hybridized carbons (Fsp3) is 0.533. The lowest BCUT2D eigenvalue weighted by Gasteiger charge is -2.24. The van der Waals surface area contributed by atoms with Gasteiger partial charge >= 0.3 is 0 Å². The van der Waals surface area contributed by atoms with Crippen molar-refractivity contribution in [3.8, 4) is 0 Å². The summed E-state index contributed by atoms with van der Waals surface area (Å²) in [6, 6.07) is 6.66. The van der Waals surface area contributed by atoms with E-state index in [-0.39, 0.29) is 11.4 Å². The van der Waals surface area contributed by atoms with Gasteiger partial charge in [-0.2, -0.15) is 0 Å². The summed E-state index contributed by atoms with van der Waals surface area (Å²) in [6.45, 7) is 7.63. The fourth-order valence-corrected chi connectivity index (χ4v) is 1.50. The van der Waals surface area contributed by atoms with E-state index in [4.69, 9.17) is 4.74 Å². The molecular weight excluding hydrogens is 257 g/mol. The molecule has 0 amide bonds. The number of nitrogens with one attached hydrogen (secondary N) is 2. The molecule has 0 bridgehead atoms. The number of hydrogen-bond acceptors (Lipinski definition) is 2. The van der Waals surface area contributed by atoms with Gasteiger partial charge in [-0.05, 0) is 26.8 Å². The number of guanidine groups is 1. The van der Waals surface area contributed by atoms with E-state index in [9.17, 15) is 4.39 Å². The van der Waals surface area contributed by atoms with E-state index in [1.165, 1.54) is 6.07 Å². The van der Waals surface area contributed by atoms with E-state index in [2.05, 4.69) is 15.6 Å². The van der Waals surface area contributed by atoms with Gasteiger partial charge in [0.15, 0.2) is 5.96 Å². The molecule has 0 atom stereocenters. The number of benzene rings is 1. The van der Waals surface area contributed by atoms with E-state index in [0.717, 1.165) is 6.54 Å². The third-order valence-electron chi connectivity index (χ3n) is 2.94. The molecule has 0 aliphatic heterocycles. The highest BCUT2D eigenvalue weighted by Gasteiger charge is 2.16.